The summed E-state index contributed by atoms with van der Waals surface area (Å²) in [6.07, 6.45) is 1.27. The van der Waals surface area contributed by atoms with Crippen LogP contribution in [0.4, 0.5) is 0 Å². The van der Waals surface area contributed by atoms with Crippen molar-refractivity contribution in [2.75, 3.05) is 26.2 Å². The summed E-state index contributed by atoms with van der Waals surface area (Å²) in [5.41, 5.74) is 2.07. The van der Waals surface area contributed by atoms with Crippen LogP contribution in [0.15, 0.2) is 24.3 Å². The van der Waals surface area contributed by atoms with Crippen molar-refractivity contribution in [2.24, 2.45) is 0 Å². The van der Waals surface area contributed by atoms with Crippen molar-refractivity contribution < 1.29 is 19.1 Å². The molecule has 0 saturated carbocycles. The molecule has 178 valence electrons. The summed E-state index contributed by atoms with van der Waals surface area (Å²) >= 11 is 6.06. The number of hydrogen-bond donors (Lipinski definition) is 2. The molecule has 1 aliphatic heterocycles. The Labute approximate surface area is 198 Å². The van der Waals surface area contributed by atoms with Gasteiger partial charge < -0.3 is 20.3 Å². The second-order valence-electron chi connectivity index (χ2n) is 8.28. The normalized spacial score (nSPS) is 18.3. The number of aryl methyl sites for hydroxylation is 2. The second-order valence-corrected chi connectivity index (χ2v) is 8.72. The molecule has 0 fully saturated rings. The first-order chi connectivity index (χ1) is 15.7. The largest absolute Gasteiger partial charge is 0.491 e. The van der Waals surface area contributed by atoms with E-state index in [0.717, 1.165) is 11.4 Å². The van der Waals surface area contributed by atoms with E-state index >= 15 is 0 Å². The molecule has 1 atom stereocenters. The Morgan fingerprint density at radius 1 is 1.24 bits per heavy atom. The lowest BCUT2D eigenvalue weighted by Gasteiger charge is -2.24. The predicted octanol–water partition coefficient (Wildman–Crippen LogP) is 2.09. The van der Waals surface area contributed by atoms with Crippen LogP contribution >= 0.6 is 11.6 Å². The van der Waals surface area contributed by atoms with Gasteiger partial charge in [-0.05, 0) is 57.9 Å². The second kappa shape index (κ2) is 11.2. The van der Waals surface area contributed by atoms with E-state index in [9.17, 15) is 14.4 Å². The van der Waals surface area contributed by atoms with Crippen LogP contribution < -0.4 is 15.4 Å². The molecule has 3 amide bonds. The third-order valence-electron chi connectivity index (χ3n) is 5.30. The van der Waals surface area contributed by atoms with Gasteiger partial charge in [-0.2, -0.15) is 5.10 Å². The van der Waals surface area contributed by atoms with Gasteiger partial charge in [-0.1, -0.05) is 11.6 Å². The maximum atomic E-state index is 13.0. The number of carbonyl (C=O) groups excluding carboxylic acids is 3. The number of benzene rings is 1. The van der Waals surface area contributed by atoms with Crippen molar-refractivity contribution in [3.63, 3.8) is 0 Å². The summed E-state index contributed by atoms with van der Waals surface area (Å²) in [5.74, 6) is -0.338. The minimum absolute atomic E-state index is 0.0545. The van der Waals surface area contributed by atoms with Gasteiger partial charge in [0.05, 0.1) is 23.8 Å². The molecule has 0 radical (unpaired) electrons. The fourth-order valence-electron chi connectivity index (χ4n) is 3.64. The summed E-state index contributed by atoms with van der Waals surface area (Å²) in [7, 11) is 0. The van der Waals surface area contributed by atoms with Gasteiger partial charge in [0.15, 0.2) is 0 Å². The zero-order valence-corrected chi connectivity index (χ0v) is 19.9. The fourth-order valence-corrected chi connectivity index (χ4v) is 3.81. The first-order valence-corrected chi connectivity index (χ1v) is 11.4. The minimum atomic E-state index is -0.331. The maximum Gasteiger partial charge on any atom is 0.255 e. The smallest absolute Gasteiger partial charge is 0.255 e. The quantitative estimate of drug-likeness (QED) is 0.691. The standard InChI is InChI=1S/C23H30ClN5O4/c1-15-10-17(3)29(27-15)13-22(31)28-9-5-4-8-25-23(32)19-11-18(24)6-7-20(19)33-14-16(2)26-21(30)12-28/h6-7,10-11,16H,4-5,8-9,12-14H2,1-3H3,(H,25,32)(H,26,30)/t16-/m0/s1. The van der Waals surface area contributed by atoms with E-state index in [2.05, 4.69) is 15.7 Å². The van der Waals surface area contributed by atoms with Crippen LogP contribution in [0.3, 0.4) is 0 Å². The van der Waals surface area contributed by atoms with E-state index in [1.807, 2.05) is 19.9 Å². The average molecular weight is 476 g/mol. The van der Waals surface area contributed by atoms with E-state index < -0.39 is 0 Å². The summed E-state index contributed by atoms with van der Waals surface area (Å²) in [5, 5.41) is 10.5. The lowest BCUT2D eigenvalue weighted by Crippen LogP contribution is -2.46. The molecule has 0 unspecified atom stereocenters. The third-order valence-corrected chi connectivity index (χ3v) is 5.53. The highest BCUT2D eigenvalue weighted by Gasteiger charge is 2.21. The molecule has 0 aliphatic carbocycles. The number of nitrogens with zero attached hydrogens (tertiary/aromatic N) is 3. The van der Waals surface area contributed by atoms with Gasteiger partial charge in [0.1, 0.15) is 18.9 Å². The van der Waals surface area contributed by atoms with Crippen LogP contribution in [0.1, 0.15) is 41.5 Å². The predicted molar refractivity (Wildman–Crippen MR) is 124 cm³/mol. The van der Waals surface area contributed by atoms with Crippen LogP contribution in [0, 0.1) is 13.8 Å². The van der Waals surface area contributed by atoms with Crippen molar-refractivity contribution in [2.45, 2.75) is 46.2 Å². The van der Waals surface area contributed by atoms with E-state index in [1.165, 1.54) is 4.90 Å². The van der Waals surface area contributed by atoms with Gasteiger partial charge in [0.2, 0.25) is 11.8 Å². The number of halogens is 1. The summed E-state index contributed by atoms with van der Waals surface area (Å²) in [4.78, 5) is 39.8. The molecule has 2 heterocycles. The van der Waals surface area contributed by atoms with Crippen molar-refractivity contribution >= 4 is 29.3 Å². The monoisotopic (exact) mass is 475 g/mol. The molecule has 2 aromatic rings. The van der Waals surface area contributed by atoms with E-state index in [-0.39, 0.29) is 43.5 Å². The molecule has 0 spiro atoms. The average Bonchev–Trinajstić information content (AvgIpc) is 3.07. The topological polar surface area (TPSA) is 106 Å². The van der Waals surface area contributed by atoms with E-state index in [0.29, 0.717) is 42.3 Å². The molecule has 3 rings (SSSR count). The SMILES string of the molecule is Cc1cc(C)n(CC(=O)N2CCCCNC(=O)c3cc(Cl)ccc3OC[C@H](C)NC(=O)C2)n1. The molecular formula is C23H30ClN5O4. The highest BCUT2D eigenvalue weighted by molar-refractivity contribution is 6.31. The number of aromatic nitrogens is 2. The van der Waals surface area contributed by atoms with Gasteiger partial charge in [-0.15, -0.1) is 0 Å². The van der Waals surface area contributed by atoms with E-state index in [4.69, 9.17) is 16.3 Å². The minimum Gasteiger partial charge on any atom is -0.491 e. The zero-order valence-electron chi connectivity index (χ0n) is 19.2. The van der Waals surface area contributed by atoms with Crippen LogP contribution in [0.5, 0.6) is 5.75 Å². The van der Waals surface area contributed by atoms with Crippen molar-refractivity contribution in [1.29, 1.82) is 0 Å². The van der Waals surface area contributed by atoms with Gasteiger partial charge in [-0.25, -0.2) is 0 Å². The molecule has 10 heteroatoms. The molecule has 33 heavy (non-hydrogen) atoms. The highest BCUT2D eigenvalue weighted by atomic mass is 35.5. The van der Waals surface area contributed by atoms with Crippen molar-refractivity contribution in [3.05, 3.63) is 46.2 Å². The van der Waals surface area contributed by atoms with Crippen LogP contribution in [-0.4, -0.2) is 64.7 Å². The lowest BCUT2D eigenvalue weighted by atomic mass is 10.2. The molecule has 1 aliphatic rings. The first-order valence-electron chi connectivity index (χ1n) is 11.0. The number of amides is 3. The third kappa shape index (κ3) is 6.95. The Kier molecular flexibility index (Phi) is 8.32. The summed E-state index contributed by atoms with van der Waals surface area (Å²) in [6, 6.07) is 6.43. The Morgan fingerprint density at radius 2 is 2.03 bits per heavy atom. The van der Waals surface area contributed by atoms with Crippen LogP contribution in [0.2, 0.25) is 5.02 Å². The number of rotatable bonds is 2. The van der Waals surface area contributed by atoms with Crippen molar-refractivity contribution in [3.8, 4) is 5.75 Å². The maximum absolute atomic E-state index is 13.0. The fraction of sp³-hybridized carbons (Fsp3) is 0.478. The molecule has 0 saturated heterocycles. The first kappa shape index (κ1) is 24.6. The number of nitrogens with one attached hydrogen (secondary N) is 2. The van der Waals surface area contributed by atoms with Gasteiger partial charge in [0.25, 0.3) is 5.91 Å². The van der Waals surface area contributed by atoms with Gasteiger partial charge in [0, 0.05) is 23.8 Å². The Balaban J connectivity index is 1.71. The Bertz CT molecular complexity index is 1020. The molecular weight excluding hydrogens is 446 g/mol. The number of hydrogen-bond acceptors (Lipinski definition) is 5. The molecule has 2 N–H and O–H groups in total. The number of ether oxygens (including phenoxy) is 1. The Morgan fingerprint density at radius 3 is 2.76 bits per heavy atom. The van der Waals surface area contributed by atoms with Gasteiger partial charge >= 0.3 is 0 Å². The Hall–Kier alpha value is -3.07. The summed E-state index contributed by atoms with van der Waals surface area (Å²) in [6.45, 7) is 6.55. The number of fused-ring (bicyclic) bond motifs is 1. The van der Waals surface area contributed by atoms with E-state index in [1.54, 1.807) is 29.8 Å². The van der Waals surface area contributed by atoms with Gasteiger partial charge in [-0.3, -0.25) is 19.1 Å². The number of carbonyl (C=O) groups is 3. The summed E-state index contributed by atoms with van der Waals surface area (Å²) < 4.78 is 7.44. The van der Waals surface area contributed by atoms with Crippen LogP contribution in [-0.2, 0) is 16.1 Å². The molecule has 0 bridgehead atoms. The lowest BCUT2D eigenvalue weighted by molar-refractivity contribution is -0.137. The molecule has 9 nitrogen and oxygen atoms in total. The van der Waals surface area contributed by atoms with Crippen LogP contribution in [0.25, 0.3) is 0 Å². The molecule has 1 aromatic carbocycles. The van der Waals surface area contributed by atoms with Crippen molar-refractivity contribution in [1.82, 2.24) is 25.3 Å². The zero-order chi connectivity index (χ0) is 24.0. The highest BCUT2D eigenvalue weighted by Crippen LogP contribution is 2.23. The molecule has 1 aromatic heterocycles.